The zero-order valence-corrected chi connectivity index (χ0v) is 11.2. The lowest BCUT2D eigenvalue weighted by Gasteiger charge is -2.31. The molecule has 0 spiro atoms. The van der Waals surface area contributed by atoms with E-state index in [1.54, 1.807) is 0 Å². The van der Waals surface area contributed by atoms with E-state index in [0.717, 1.165) is 0 Å². The molecule has 0 aromatic carbocycles. The maximum atomic E-state index is 11.6. The fourth-order valence-electron chi connectivity index (χ4n) is 1.83. The van der Waals surface area contributed by atoms with Crippen LogP contribution in [0, 0.1) is 0 Å². The average molecular weight is 263 g/mol. The van der Waals surface area contributed by atoms with Crippen molar-refractivity contribution in [3.63, 3.8) is 0 Å². The predicted molar refractivity (Wildman–Crippen MR) is 65.8 cm³/mol. The van der Waals surface area contributed by atoms with Crippen molar-refractivity contribution in [1.29, 1.82) is 0 Å². The second kappa shape index (κ2) is 5.79. The van der Waals surface area contributed by atoms with Crippen LogP contribution in [0.25, 0.3) is 0 Å². The van der Waals surface area contributed by atoms with Gasteiger partial charge in [-0.15, -0.1) is 0 Å². The van der Waals surface area contributed by atoms with Gasteiger partial charge in [-0.3, -0.25) is 4.79 Å². The fraction of sp³-hybridized carbons (Fsp3) is 0.900. The molecule has 1 fully saturated rings. The van der Waals surface area contributed by atoms with E-state index in [9.17, 15) is 13.2 Å². The van der Waals surface area contributed by atoms with Gasteiger partial charge in [0, 0.05) is 19.1 Å². The number of nitrogens with one attached hydrogen (secondary N) is 1. The largest absolute Gasteiger partial charge is 0.352 e. The van der Waals surface area contributed by atoms with Crippen LogP contribution in [-0.2, 0) is 14.8 Å². The quantitative estimate of drug-likeness (QED) is 0.699. The normalized spacial score (nSPS) is 21.1. The minimum atomic E-state index is -3.10. The summed E-state index contributed by atoms with van der Waals surface area (Å²) in [5.41, 5.74) is 5.61. The molecule has 0 bridgehead atoms. The van der Waals surface area contributed by atoms with Crippen molar-refractivity contribution in [2.24, 2.45) is 5.73 Å². The molecule has 0 aliphatic carbocycles. The van der Waals surface area contributed by atoms with E-state index in [0.29, 0.717) is 32.4 Å². The highest BCUT2D eigenvalue weighted by Crippen LogP contribution is 2.13. The number of nitrogens with zero attached hydrogens (tertiary/aromatic N) is 1. The Kier molecular flexibility index (Phi) is 4.91. The first-order valence-corrected chi connectivity index (χ1v) is 7.70. The monoisotopic (exact) mass is 263 g/mol. The molecule has 1 rings (SSSR count). The number of hydrogen-bond donors (Lipinski definition) is 2. The Morgan fingerprint density at radius 1 is 1.47 bits per heavy atom. The SMILES string of the molecule is CCC(N)C(=O)NC1CCN(S(C)(=O)=O)CC1. The van der Waals surface area contributed by atoms with Crippen molar-refractivity contribution in [3.8, 4) is 0 Å². The lowest BCUT2D eigenvalue weighted by Crippen LogP contribution is -2.50. The molecule has 1 atom stereocenters. The van der Waals surface area contributed by atoms with Crippen LogP contribution in [0.1, 0.15) is 26.2 Å². The first-order chi connectivity index (χ1) is 7.84. The van der Waals surface area contributed by atoms with Gasteiger partial charge in [-0.05, 0) is 19.3 Å². The molecule has 1 unspecified atom stereocenters. The molecule has 1 amide bonds. The molecule has 7 heteroatoms. The van der Waals surface area contributed by atoms with Crippen molar-refractivity contribution >= 4 is 15.9 Å². The Bertz CT molecular complexity index is 361. The van der Waals surface area contributed by atoms with Crippen LogP contribution in [-0.4, -0.2) is 50.1 Å². The van der Waals surface area contributed by atoms with Crippen LogP contribution in [0.2, 0.25) is 0 Å². The van der Waals surface area contributed by atoms with Crippen molar-refractivity contribution in [3.05, 3.63) is 0 Å². The number of nitrogens with two attached hydrogens (primary N) is 1. The van der Waals surface area contributed by atoms with Crippen molar-refractivity contribution < 1.29 is 13.2 Å². The van der Waals surface area contributed by atoms with Gasteiger partial charge in [-0.25, -0.2) is 12.7 Å². The van der Waals surface area contributed by atoms with Gasteiger partial charge in [0.2, 0.25) is 15.9 Å². The van der Waals surface area contributed by atoms with Crippen molar-refractivity contribution in [2.75, 3.05) is 19.3 Å². The predicted octanol–water partition coefficient (Wildman–Crippen LogP) is -0.736. The summed E-state index contributed by atoms with van der Waals surface area (Å²) in [5.74, 6) is -0.148. The van der Waals surface area contributed by atoms with Crippen LogP contribution < -0.4 is 11.1 Å². The van der Waals surface area contributed by atoms with E-state index in [2.05, 4.69) is 5.32 Å². The molecular formula is C10H21N3O3S. The number of sulfonamides is 1. The van der Waals surface area contributed by atoms with E-state index < -0.39 is 16.1 Å². The van der Waals surface area contributed by atoms with E-state index in [-0.39, 0.29) is 11.9 Å². The van der Waals surface area contributed by atoms with Gasteiger partial charge in [-0.2, -0.15) is 0 Å². The average Bonchev–Trinajstić information content (AvgIpc) is 2.27. The molecule has 3 N–H and O–H groups in total. The number of rotatable bonds is 4. The van der Waals surface area contributed by atoms with Gasteiger partial charge in [-0.1, -0.05) is 6.92 Å². The molecule has 0 saturated carbocycles. The lowest BCUT2D eigenvalue weighted by atomic mass is 10.1. The second-order valence-corrected chi connectivity index (χ2v) is 6.44. The Balaban J connectivity index is 2.40. The molecule has 17 heavy (non-hydrogen) atoms. The summed E-state index contributed by atoms with van der Waals surface area (Å²) in [6.45, 7) is 2.78. The number of hydrogen-bond acceptors (Lipinski definition) is 4. The summed E-state index contributed by atoms with van der Waals surface area (Å²) >= 11 is 0. The van der Waals surface area contributed by atoms with Crippen LogP contribution in [0.4, 0.5) is 0 Å². The zero-order valence-electron chi connectivity index (χ0n) is 10.3. The summed E-state index contributed by atoms with van der Waals surface area (Å²) in [6, 6.07) is -0.430. The van der Waals surface area contributed by atoms with E-state index >= 15 is 0 Å². The van der Waals surface area contributed by atoms with Crippen LogP contribution in [0.5, 0.6) is 0 Å². The maximum Gasteiger partial charge on any atom is 0.237 e. The summed E-state index contributed by atoms with van der Waals surface area (Å²) in [4.78, 5) is 11.6. The first kappa shape index (κ1) is 14.4. The molecule has 0 aromatic rings. The Morgan fingerprint density at radius 3 is 2.41 bits per heavy atom. The molecular weight excluding hydrogens is 242 g/mol. The lowest BCUT2D eigenvalue weighted by molar-refractivity contribution is -0.123. The number of carbonyl (C=O) groups is 1. The Hall–Kier alpha value is -0.660. The van der Waals surface area contributed by atoms with Crippen LogP contribution in [0.15, 0.2) is 0 Å². The smallest absolute Gasteiger partial charge is 0.237 e. The topological polar surface area (TPSA) is 92.5 Å². The molecule has 0 aromatic heterocycles. The highest BCUT2D eigenvalue weighted by molar-refractivity contribution is 7.88. The third kappa shape index (κ3) is 4.25. The summed E-state index contributed by atoms with van der Waals surface area (Å²) in [6.07, 6.45) is 3.11. The molecule has 1 saturated heterocycles. The van der Waals surface area contributed by atoms with Gasteiger partial charge in [0.25, 0.3) is 0 Å². The van der Waals surface area contributed by atoms with Gasteiger partial charge < -0.3 is 11.1 Å². The Labute approximate surface area is 103 Å². The van der Waals surface area contributed by atoms with Crippen LogP contribution in [0.3, 0.4) is 0 Å². The highest BCUT2D eigenvalue weighted by atomic mass is 32.2. The molecule has 1 aliphatic heterocycles. The van der Waals surface area contributed by atoms with Gasteiger partial charge in [0.1, 0.15) is 0 Å². The zero-order chi connectivity index (χ0) is 13.1. The third-order valence-corrected chi connectivity index (χ3v) is 4.35. The van der Waals surface area contributed by atoms with Crippen LogP contribution >= 0.6 is 0 Å². The van der Waals surface area contributed by atoms with E-state index in [1.165, 1.54) is 10.6 Å². The molecule has 0 radical (unpaired) electrons. The Morgan fingerprint density at radius 2 is 2.00 bits per heavy atom. The maximum absolute atomic E-state index is 11.6. The standard InChI is InChI=1S/C10H21N3O3S/c1-3-9(11)10(14)12-8-4-6-13(7-5-8)17(2,15)16/h8-9H,3-7,11H2,1-2H3,(H,12,14). The summed E-state index contributed by atoms with van der Waals surface area (Å²) < 4.78 is 24.0. The second-order valence-electron chi connectivity index (χ2n) is 4.46. The molecule has 1 aliphatic rings. The fourth-order valence-corrected chi connectivity index (χ4v) is 2.70. The van der Waals surface area contributed by atoms with Gasteiger partial charge in [0.05, 0.1) is 12.3 Å². The molecule has 1 heterocycles. The first-order valence-electron chi connectivity index (χ1n) is 5.85. The number of piperidine rings is 1. The van der Waals surface area contributed by atoms with E-state index in [4.69, 9.17) is 5.73 Å². The summed E-state index contributed by atoms with van der Waals surface area (Å²) in [7, 11) is -3.10. The van der Waals surface area contributed by atoms with Gasteiger partial charge in [0.15, 0.2) is 0 Å². The molecule has 6 nitrogen and oxygen atoms in total. The number of amides is 1. The summed E-state index contributed by atoms with van der Waals surface area (Å²) in [5, 5.41) is 2.86. The van der Waals surface area contributed by atoms with Crippen molar-refractivity contribution in [2.45, 2.75) is 38.3 Å². The third-order valence-electron chi connectivity index (χ3n) is 3.05. The minimum absolute atomic E-state index is 0.0399. The highest BCUT2D eigenvalue weighted by Gasteiger charge is 2.26. The number of carbonyl (C=O) groups excluding carboxylic acids is 1. The van der Waals surface area contributed by atoms with E-state index in [1.807, 2.05) is 6.92 Å². The van der Waals surface area contributed by atoms with Gasteiger partial charge >= 0.3 is 0 Å². The van der Waals surface area contributed by atoms with Crippen molar-refractivity contribution in [1.82, 2.24) is 9.62 Å². The minimum Gasteiger partial charge on any atom is -0.352 e. The molecule has 100 valence electrons.